The van der Waals surface area contributed by atoms with Gasteiger partial charge in [-0.2, -0.15) is 0 Å². The van der Waals surface area contributed by atoms with Crippen LogP contribution in [0.1, 0.15) is 44.9 Å². The molecule has 0 saturated carbocycles. The molecule has 2 heterocycles. The smallest absolute Gasteiger partial charge is 0.180 e. The minimum Gasteiger partial charge on any atom is -0.491 e. The molecule has 1 aliphatic rings. The van der Waals surface area contributed by atoms with E-state index >= 15 is 0 Å². The molecule has 0 bridgehead atoms. The number of Topliss-reactive ketones (excluding diaryl/α,β-unsaturated/α-hetero) is 1. The van der Waals surface area contributed by atoms with Gasteiger partial charge in [-0.3, -0.25) is 9.78 Å². The van der Waals surface area contributed by atoms with Crippen LogP contribution in [0.25, 0.3) is 11.5 Å². The number of fused-ring (bicyclic) bond motifs is 1. The van der Waals surface area contributed by atoms with Gasteiger partial charge in [0.2, 0.25) is 0 Å². The molecule has 29 heavy (non-hydrogen) atoms. The number of aromatic nitrogens is 3. The highest BCUT2D eigenvalue weighted by Crippen LogP contribution is 2.31. The Morgan fingerprint density at radius 3 is 2.79 bits per heavy atom. The number of anilines is 1. The molecule has 6 nitrogen and oxygen atoms in total. The number of alkyl halides is 1. The van der Waals surface area contributed by atoms with Gasteiger partial charge in [0, 0.05) is 37.0 Å². The SMILES string of the molecule is CN(CC(=O)CC(C)(C)C)c1nc(-c2cc(OCCF)ccn2)nc2c1CCC2. The Bertz CT molecular complexity index is 880. The minimum atomic E-state index is -0.551. The monoisotopic (exact) mass is 400 g/mol. The van der Waals surface area contributed by atoms with Crippen LogP contribution in [-0.4, -0.2) is 47.6 Å². The van der Waals surface area contributed by atoms with Crippen LogP contribution < -0.4 is 9.64 Å². The number of ketones is 1. The Kier molecular flexibility index (Phi) is 6.45. The van der Waals surface area contributed by atoms with Crippen LogP contribution in [0.4, 0.5) is 10.2 Å². The summed E-state index contributed by atoms with van der Waals surface area (Å²) >= 11 is 0. The molecular weight excluding hydrogens is 371 g/mol. The zero-order valence-electron chi connectivity index (χ0n) is 17.7. The van der Waals surface area contributed by atoms with E-state index in [1.165, 1.54) is 0 Å². The molecule has 0 amide bonds. The lowest BCUT2D eigenvalue weighted by atomic mass is 9.90. The Balaban J connectivity index is 1.89. The molecule has 0 N–H and O–H groups in total. The molecule has 0 radical (unpaired) electrons. The van der Waals surface area contributed by atoms with Gasteiger partial charge in [-0.25, -0.2) is 14.4 Å². The minimum absolute atomic E-state index is 0.00161. The van der Waals surface area contributed by atoms with Gasteiger partial charge in [-0.1, -0.05) is 20.8 Å². The largest absolute Gasteiger partial charge is 0.491 e. The highest BCUT2D eigenvalue weighted by molar-refractivity contribution is 5.84. The maximum atomic E-state index is 12.5. The fourth-order valence-electron chi connectivity index (χ4n) is 3.61. The third-order valence-electron chi connectivity index (χ3n) is 4.72. The highest BCUT2D eigenvalue weighted by Gasteiger charge is 2.24. The second kappa shape index (κ2) is 8.84. The zero-order chi connectivity index (χ0) is 21.0. The topological polar surface area (TPSA) is 68.2 Å². The lowest BCUT2D eigenvalue weighted by molar-refractivity contribution is -0.119. The maximum Gasteiger partial charge on any atom is 0.180 e. The van der Waals surface area contributed by atoms with Crippen LogP contribution in [0.3, 0.4) is 0 Å². The highest BCUT2D eigenvalue weighted by atomic mass is 19.1. The van der Waals surface area contributed by atoms with Crippen LogP contribution in [0, 0.1) is 5.41 Å². The zero-order valence-corrected chi connectivity index (χ0v) is 17.7. The number of pyridine rings is 1. The molecule has 3 rings (SSSR count). The summed E-state index contributed by atoms with van der Waals surface area (Å²) in [6.07, 6.45) is 4.95. The fourth-order valence-corrected chi connectivity index (χ4v) is 3.61. The molecule has 0 aliphatic heterocycles. The van der Waals surface area contributed by atoms with Gasteiger partial charge < -0.3 is 9.64 Å². The van der Waals surface area contributed by atoms with Gasteiger partial charge in [0.1, 0.15) is 30.5 Å². The average Bonchev–Trinajstić information content (AvgIpc) is 3.12. The third kappa shape index (κ3) is 5.49. The molecule has 0 spiro atoms. The molecule has 0 aromatic carbocycles. The average molecular weight is 400 g/mol. The van der Waals surface area contributed by atoms with Crippen molar-refractivity contribution in [1.29, 1.82) is 0 Å². The summed E-state index contributed by atoms with van der Waals surface area (Å²) in [6.45, 7) is 5.95. The normalized spacial score (nSPS) is 13.3. The molecule has 0 saturated heterocycles. The van der Waals surface area contributed by atoms with E-state index in [2.05, 4.69) is 25.8 Å². The van der Waals surface area contributed by atoms with Crippen LogP contribution in [0.15, 0.2) is 18.3 Å². The first-order valence-corrected chi connectivity index (χ1v) is 10.0. The van der Waals surface area contributed by atoms with Gasteiger partial charge in [0.15, 0.2) is 11.6 Å². The summed E-state index contributed by atoms with van der Waals surface area (Å²) in [5.41, 5.74) is 2.66. The first kappa shape index (κ1) is 21.1. The number of carbonyl (C=O) groups excluding carboxylic acids is 1. The Labute approximate surface area is 171 Å². The van der Waals surface area contributed by atoms with Crippen molar-refractivity contribution in [1.82, 2.24) is 15.0 Å². The van der Waals surface area contributed by atoms with Crippen molar-refractivity contribution >= 4 is 11.6 Å². The van der Waals surface area contributed by atoms with Crippen molar-refractivity contribution in [3.63, 3.8) is 0 Å². The van der Waals surface area contributed by atoms with Gasteiger partial charge in [0.25, 0.3) is 0 Å². The maximum absolute atomic E-state index is 12.5. The lowest BCUT2D eigenvalue weighted by Gasteiger charge is -2.23. The number of nitrogens with zero attached hydrogens (tertiary/aromatic N) is 4. The Morgan fingerprint density at radius 1 is 1.28 bits per heavy atom. The predicted molar refractivity (Wildman–Crippen MR) is 111 cm³/mol. The third-order valence-corrected chi connectivity index (χ3v) is 4.72. The van der Waals surface area contributed by atoms with Gasteiger partial charge in [-0.05, 0) is 30.7 Å². The predicted octanol–water partition coefficient (Wildman–Crippen LogP) is 3.82. The molecular formula is C22H29FN4O2. The molecule has 2 aromatic rings. The van der Waals surface area contributed by atoms with Crippen molar-refractivity contribution in [3.05, 3.63) is 29.6 Å². The summed E-state index contributed by atoms with van der Waals surface area (Å²) in [5.74, 6) is 2.02. The quantitative estimate of drug-likeness (QED) is 0.671. The lowest BCUT2D eigenvalue weighted by Crippen LogP contribution is -2.30. The summed E-state index contributed by atoms with van der Waals surface area (Å²) in [7, 11) is 1.90. The van der Waals surface area contributed by atoms with Crippen LogP contribution in [0.2, 0.25) is 0 Å². The van der Waals surface area contributed by atoms with Crippen molar-refractivity contribution in [3.8, 4) is 17.3 Å². The molecule has 0 unspecified atom stereocenters. The standard InChI is InChI=1S/C22H29FN4O2/c1-22(2,3)13-15(28)14-27(4)21-17-6-5-7-18(17)25-20(26-21)19-12-16(8-10-24-19)29-11-9-23/h8,10,12H,5-7,9,11,13-14H2,1-4H3. The fraction of sp³-hybridized carbons (Fsp3) is 0.545. The Hall–Kier alpha value is -2.57. The number of ether oxygens (including phenoxy) is 1. The summed E-state index contributed by atoms with van der Waals surface area (Å²) < 4.78 is 17.8. The Morgan fingerprint density at radius 2 is 2.07 bits per heavy atom. The van der Waals surface area contributed by atoms with E-state index in [1.807, 2.05) is 11.9 Å². The van der Waals surface area contributed by atoms with Gasteiger partial charge in [0.05, 0.1) is 6.54 Å². The molecule has 7 heteroatoms. The van der Waals surface area contributed by atoms with Crippen LogP contribution >= 0.6 is 0 Å². The number of likely N-dealkylation sites (N-methyl/N-ethyl adjacent to an activating group) is 1. The van der Waals surface area contributed by atoms with E-state index in [1.54, 1.807) is 18.3 Å². The number of aryl methyl sites for hydroxylation is 1. The van der Waals surface area contributed by atoms with Gasteiger partial charge in [-0.15, -0.1) is 0 Å². The van der Waals surface area contributed by atoms with E-state index in [-0.39, 0.29) is 17.8 Å². The molecule has 2 aromatic heterocycles. The second-order valence-electron chi connectivity index (χ2n) is 8.70. The number of halogens is 1. The number of hydrogen-bond acceptors (Lipinski definition) is 6. The number of rotatable bonds is 8. The first-order chi connectivity index (χ1) is 13.8. The van der Waals surface area contributed by atoms with E-state index in [9.17, 15) is 9.18 Å². The summed E-state index contributed by atoms with van der Waals surface area (Å²) in [6, 6.07) is 3.41. The summed E-state index contributed by atoms with van der Waals surface area (Å²) in [4.78, 5) is 28.3. The number of hydrogen-bond donors (Lipinski definition) is 0. The first-order valence-electron chi connectivity index (χ1n) is 10.0. The molecule has 0 atom stereocenters. The number of carbonyl (C=O) groups is 1. The molecule has 156 valence electrons. The van der Waals surface area contributed by atoms with Gasteiger partial charge >= 0.3 is 0 Å². The van der Waals surface area contributed by atoms with Crippen molar-refractivity contribution in [2.75, 3.05) is 31.8 Å². The van der Waals surface area contributed by atoms with Crippen LogP contribution in [-0.2, 0) is 17.6 Å². The van der Waals surface area contributed by atoms with Crippen molar-refractivity contribution in [2.24, 2.45) is 5.41 Å². The molecule has 0 fully saturated rings. The summed E-state index contributed by atoms with van der Waals surface area (Å²) in [5, 5.41) is 0. The van der Waals surface area contributed by atoms with E-state index in [0.717, 1.165) is 36.3 Å². The van der Waals surface area contributed by atoms with Crippen molar-refractivity contribution < 1.29 is 13.9 Å². The van der Waals surface area contributed by atoms with E-state index in [4.69, 9.17) is 14.7 Å². The van der Waals surface area contributed by atoms with E-state index < -0.39 is 6.67 Å². The van der Waals surface area contributed by atoms with Crippen molar-refractivity contribution in [2.45, 2.75) is 46.5 Å². The van der Waals surface area contributed by atoms with E-state index in [0.29, 0.717) is 30.2 Å². The molecule has 1 aliphatic carbocycles. The second-order valence-corrected chi connectivity index (χ2v) is 8.70. The van der Waals surface area contributed by atoms with Crippen LogP contribution in [0.5, 0.6) is 5.75 Å².